The first-order chi connectivity index (χ1) is 12.1. The predicted octanol–water partition coefficient (Wildman–Crippen LogP) is 3.32. The molecule has 0 saturated heterocycles. The van der Waals surface area contributed by atoms with Crippen molar-refractivity contribution in [2.45, 2.75) is 19.8 Å². The Kier molecular flexibility index (Phi) is 9.87. The zero-order valence-electron chi connectivity index (χ0n) is 15.6. The molecule has 26 heavy (non-hydrogen) atoms. The standard InChI is InChI=1S/C20H27N3O2.HI/c1-15-4-6-16(7-5-15)10-12-22-20(21)23-13-11-17-8-9-18(24-2)19(14-17)25-3;/h4-9,14H,10-13H2,1-3H3,(H3,21,22,23);1H. The first-order valence-electron chi connectivity index (χ1n) is 8.42. The van der Waals surface area contributed by atoms with Crippen LogP contribution in [0.1, 0.15) is 16.7 Å². The fraction of sp³-hybridized carbons (Fsp3) is 0.350. The first kappa shape index (κ1) is 22.1. The van der Waals surface area contributed by atoms with Gasteiger partial charge in [-0.1, -0.05) is 35.9 Å². The van der Waals surface area contributed by atoms with Crippen molar-refractivity contribution in [1.82, 2.24) is 5.32 Å². The van der Waals surface area contributed by atoms with Crippen LogP contribution in [0.2, 0.25) is 0 Å². The molecule has 0 fully saturated rings. The van der Waals surface area contributed by atoms with Gasteiger partial charge in [0.25, 0.3) is 0 Å². The molecular weight excluding hydrogens is 441 g/mol. The lowest BCUT2D eigenvalue weighted by Gasteiger charge is -2.10. The second kappa shape index (κ2) is 11.6. The highest BCUT2D eigenvalue weighted by molar-refractivity contribution is 14.0. The molecule has 2 aromatic rings. The number of aryl methyl sites for hydroxylation is 1. The molecule has 0 aliphatic heterocycles. The molecule has 0 saturated carbocycles. The van der Waals surface area contributed by atoms with E-state index < -0.39 is 0 Å². The Bertz CT molecular complexity index is 703. The molecule has 0 radical (unpaired) electrons. The minimum atomic E-state index is 0. The topological polar surface area (TPSA) is 68.9 Å². The Morgan fingerprint density at radius 2 is 1.62 bits per heavy atom. The minimum absolute atomic E-state index is 0. The van der Waals surface area contributed by atoms with Crippen LogP contribution in [0.4, 0.5) is 0 Å². The number of guanidine groups is 1. The molecule has 142 valence electrons. The zero-order valence-corrected chi connectivity index (χ0v) is 17.9. The van der Waals surface area contributed by atoms with E-state index in [4.69, 9.17) is 15.2 Å². The van der Waals surface area contributed by atoms with Gasteiger partial charge >= 0.3 is 0 Å². The lowest BCUT2D eigenvalue weighted by molar-refractivity contribution is 0.354. The molecule has 0 unspecified atom stereocenters. The quantitative estimate of drug-likeness (QED) is 0.354. The highest BCUT2D eigenvalue weighted by atomic mass is 127. The Morgan fingerprint density at radius 1 is 0.962 bits per heavy atom. The third-order valence-electron chi connectivity index (χ3n) is 3.97. The van der Waals surface area contributed by atoms with Crippen LogP contribution < -0.4 is 20.5 Å². The summed E-state index contributed by atoms with van der Waals surface area (Å²) in [5, 5.41) is 3.15. The Labute approximate surface area is 173 Å². The van der Waals surface area contributed by atoms with E-state index in [1.54, 1.807) is 14.2 Å². The van der Waals surface area contributed by atoms with Crippen molar-refractivity contribution in [1.29, 1.82) is 0 Å². The summed E-state index contributed by atoms with van der Waals surface area (Å²) in [5.41, 5.74) is 9.61. The van der Waals surface area contributed by atoms with Gasteiger partial charge in [-0.2, -0.15) is 0 Å². The van der Waals surface area contributed by atoms with Crippen LogP contribution in [-0.2, 0) is 12.8 Å². The normalized spacial score (nSPS) is 10.8. The summed E-state index contributed by atoms with van der Waals surface area (Å²) in [6, 6.07) is 14.4. The number of hydrogen-bond acceptors (Lipinski definition) is 3. The number of nitrogens with zero attached hydrogens (tertiary/aromatic N) is 1. The molecule has 0 spiro atoms. The third-order valence-corrected chi connectivity index (χ3v) is 3.97. The van der Waals surface area contributed by atoms with Gasteiger partial charge in [0.2, 0.25) is 0 Å². The molecule has 0 bridgehead atoms. The van der Waals surface area contributed by atoms with E-state index in [0.717, 1.165) is 36.4 Å². The van der Waals surface area contributed by atoms with Crippen LogP contribution in [0.5, 0.6) is 11.5 Å². The second-order valence-corrected chi connectivity index (χ2v) is 5.87. The van der Waals surface area contributed by atoms with Crippen LogP contribution in [0.15, 0.2) is 47.5 Å². The van der Waals surface area contributed by atoms with Crippen LogP contribution in [0, 0.1) is 6.92 Å². The number of nitrogens with two attached hydrogens (primary N) is 1. The van der Waals surface area contributed by atoms with Crippen LogP contribution in [-0.4, -0.2) is 33.3 Å². The number of halogens is 1. The molecule has 2 rings (SSSR count). The molecule has 5 nitrogen and oxygen atoms in total. The SMILES string of the molecule is COc1ccc(CCNC(N)=NCCc2ccc(C)cc2)cc1OC.I. The molecule has 0 aliphatic carbocycles. The molecule has 3 N–H and O–H groups in total. The van der Waals surface area contributed by atoms with Crippen molar-refractivity contribution in [3.8, 4) is 11.5 Å². The van der Waals surface area contributed by atoms with Crippen molar-refractivity contribution in [2.24, 2.45) is 10.7 Å². The van der Waals surface area contributed by atoms with Gasteiger partial charge in [0.1, 0.15) is 0 Å². The van der Waals surface area contributed by atoms with E-state index in [-0.39, 0.29) is 24.0 Å². The maximum atomic E-state index is 5.92. The number of rotatable bonds is 8. The summed E-state index contributed by atoms with van der Waals surface area (Å²) < 4.78 is 10.6. The van der Waals surface area contributed by atoms with Crippen LogP contribution in [0.3, 0.4) is 0 Å². The van der Waals surface area contributed by atoms with Crippen molar-refractivity contribution in [3.63, 3.8) is 0 Å². The second-order valence-electron chi connectivity index (χ2n) is 5.87. The van der Waals surface area contributed by atoms with Crippen LogP contribution in [0.25, 0.3) is 0 Å². The molecule has 0 aromatic heterocycles. The number of methoxy groups -OCH3 is 2. The number of hydrogen-bond donors (Lipinski definition) is 2. The van der Waals surface area contributed by atoms with Gasteiger partial charge in [0, 0.05) is 13.1 Å². The van der Waals surface area contributed by atoms with Gasteiger partial charge in [-0.3, -0.25) is 4.99 Å². The summed E-state index contributed by atoms with van der Waals surface area (Å²) in [4.78, 5) is 4.37. The average Bonchev–Trinajstić information content (AvgIpc) is 2.63. The largest absolute Gasteiger partial charge is 0.493 e. The van der Waals surface area contributed by atoms with E-state index in [0.29, 0.717) is 12.5 Å². The maximum absolute atomic E-state index is 5.92. The fourth-order valence-electron chi connectivity index (χ4n) is 2.49. The number of ether oxygens (including phenoxy) is 2. The Morgan fingerprint density at radius 3 is 2.27 bits per heavy atom. The van der Waals surface area contributed by atoms with Gasteiger partial charge in [0.05, 0.1) is 14.2 Å². The summed E-state index contributed by atoms with van der Waals surface area (Å²) in [6.07, 6.45) is 1.72. The summed E-state index contributed by atoms with van der Waals surface area (Å²) >= 11 is 0. The lowest BCUT2D eigenvalue weighted by atomic mass is 10.1. The highest BCUT2D eigenvalue weighted by Gasteiger charge is 2.04. The lowest BCUT2D eigenvalue weighted by Crippen LogP contribution is -2.33. The summed E-state index contributed by atoms with van der Waals surface area (Å²) in [7, 11) is 3.27. The van der Waals surface area contributed by atoms with E-state index in [1.807, 2.05) is 18.2 Å². The molecule has 0 atom stereocenters. The average molecular weight is 469 g/mol. The van der Waals surface area contributed by atoms with Gasteiger partial charge in [-0.05, 0) is 43.0 Å². The Hall–Kier alpha value is -1.96. The molecule has 6 heteroatoms. The maximum Gasteiger partial charge on any atom is 0.188 e. The van der Waals surface area contributed by atoms with Gasteiger partial charge in [-0.25, -0.2) is 0 Å². The number of benzene rings is 2. The van der Waals surface area contributed by atoms with Crippen molar-refractivity contribution in [3.05, 3.63) is 59.2 Å². The zero-order chi connectivity index (χ0) is 18.1. The minimum Gasteiger partial charge on any atom is -0.493 e. The van der Waals surface area contributed by atoms with E-state index in [9.17, 15) is 0 Å². The molecule has 0 heterocycles. The monoisotopic (exact) mass is 469 g/mol. The van der Waals surface area contributed by atoms with Gasteiger partial charge in [0.15, 0.2) is 17.5 Å². The van der Waals surface area contributed by atoms with Gasteiger partial charge in [-0.15, -0.1) is 24.0 Å². The molecular formula is C20H28IN3O2. The van der Waals surface area contributed by atoms with E-state index >= 15 is 0 Å². The van der Waals surface area contributed by atoms with Gasteiger partial charge < -0.3 is 20.5 Å². The molecule has 0 amide bonds. The number of aliphatic imine (C=N–C) groups is 1. The first-order valence-corrected chi connectivity index (χ1v) is 8.42. The third kappa shape index (κ3) is 7.11. The van der Waals surface area contributed by atoms with E-state index in [1.165, 1.54) is 11.1 Å². The van der Waals surface area contributed by atoms with Crippen LogP contribution >= 0.6 is 24.0 Å². The molecule has 0 aliphatic rings. The smallest absolute Gasteiger partial charge is 0.188 e. The highest BCUT2D eigenvalue weighted by Crippen LogP contribution is 2.27. The Balaban J connectivity index is 0.00000338. The van der Waals surface area contributed by atoms with Crippen molar-refractivity contribution in [2.75, 3.05) is 27.3 Å². The predicted molar refractivity (Wildman–Crippen MR) is 118 cm³/mol. The van der Waals surface area contributed by atoms with E-state index in [2.05, 4.69) is 41.5 Å². The number of nitrogens with one attached hydrogen (secondary N) is 1. The van der Waals surface area contributed by atoms with Crippen molar-refractivity contribution >= 4 is 29.9 Å². The van der Waals surface area contributed by atoms with Crippen molar-refractivity contribution < 1.29 is 9.47 Å². The fourth-order valence-corrected chi connectivity index (χ4v) is 2.49. The molecule has 2 aromatic carbocycles. The summed E-state index contributed by atoms with van der Waals surface area (Å²) in [6.45, 7) is 3.48. The summed E-state index contributed by atoms with van der Waals surface area (Å²) in [5.74, 6) is 1.95.